The van der Waals surface area contributed by atoms with Gasteiger partial charge in [-0.25, -0.2) is 0 Å². The summed E-state index contributed by atoms with van der Waals surface area (Å²) < 4.78 is 0. The van der Waals surface area contributed by atoms with Crippen molar-refractivity contribution in [1.82, 2.24) is 0 Å². The molecule has 0 saturated carbocycles. The van der Waals surface area contributed by atoms with Gasteiger partial charge in [-0.1, -0.05) is 30.3 Å². The summed E-state index contributed by atoms with van der Waals surface area (Å²) in [5, 5.41) is 0. The molecule has 1 fully saturated rings. The molecule has 1 heterocycles. The summed E-state index contributed by atoms with van der Waals surface area (Å²) in [5.41, 5.74) is 7.96. The van der Waals surface area contributed by atoms with Crippen molar-refractivity contribution in [2.24, 2.45) is 5.73 Å². The van der Waals surface area contributed by atoms with Crippen LogP contribution in [0.3, 0.4) is 0 Å². The Labute approximate surface area is 141 Å². The van der Waals surface area contributed by atoms with Crippen molar-refractivity contribution in [2.45, 2.75) is 30.2 Å². The monoisotopic (exact) mass is 326 g/mol. The average Bonchev–Trinajstić information content (AvgIpc) is 3.06. The van der Waals surface area contributed by atoms with E-state index < -0.39 is 0 Å². The number of hydrogen-bond donors (Lipinski definition) is 1. The Morgan fingerprint density at radius 3 is 2.57 bits per heavy atom. The van der Waals surface area contributed by atoms with E-state index in [0.717, 1.165) is 37.2 Å². The van der Waals surface area contributed by atoms with E-state index in [0.29, 0.717) is 0 Å². The lowest BCUT2D eigenvalue weighted by Crippen LogP contribution is -2.40. The van der Waals surface area contributed by atoms with Crippen molar-refractivity contribution in [3.63, 3.8) is 0 Å². The third kappa shape index (κ3) is 4.08. The number of thioether (sulfide) groups is 1. The molecule has 0 spiro atoms. The Morgan fingerprint density at radius 1 is 1.13 bits per heavy atom. The number of amides is 1. The molecular weight excluding hydrogens is 304 g/mol. The molecule has 1 atom stereocenters. The van der Waals surface area contributed by atoms with Gasteiger partial charge in [-0.2, -0.15) is 0 Å². The quantitative estimate of drug-likeness (QED) is 0.827. The maximum atomic E-state index is 11.5. The molecule has 1 amide bonds. The normalized spacial score (nSPS) is 17.4. The van der Waals surface area contributed by atoms with E-state index in [1.54, 1.807) is 0 Å². The van der Waals surface area contributed by atoms with Crippen LogP contribution in [0.15, 0.2) is 59.5 Å². The molecule has 0 bridgehead atoms. The number of benzene rings is 2. The Balaban J connectivity index is 1.56. The third-order valence-corrected chi connectivity index (χ3v) is 5.27. The zero-order valence-electron chi connectivity index (χ0n) is 13.2. The molecular formula is C19H22N2OS. The third-order valence-electron chi connectivity index (χ3n) is 4.25. The fourth-order valence-corrected chi connectivity index (χ4v) is 3.94. The van der Waals surface area contributed by atoms with E-state index in [9.17, 15) is 4.79 Å². The molecule has 2 N–H and O–H groups in total. The molecule has 3 nitrogen and oxygen atoms in total. The number of anilines is 1. The van der Waals surface area contributed by atoms with E-state index in [1.165, 1.54) is 10.5 Å². The highest BCUT2D eigenvalue weighted by Crippen LogP contribution is 2.28. The van der Waals surface area contributed by atoms with E-state index in [1.807, 2.05) is 17.8 Å². The molecule has 4 heteroatoms. The molecule has 0 aliphatic carbocycles. The van der Waals surface area contributed by atoms with Crippen molar-refractivity contribution >= 4 is 23.4 Å². The number of hydrogen-bond acceptors (Lipinski definition) is 3. The molecule has 1 saturated heterocycles. The summed E-state index contributed by atoms with van der Waals surface area (Å²) in [7, 11) is 0. The van der Waals surface area contributed by atoms with E-state index in [2.05, 4.69) is 53.4 Å². The number of carbonyl (C=O) groups excluding carboxylic acids is 1. The minimum Gasteiger partial charge on any atom is -0.368 e. The number of aryl methyl sites for hydroxylation is 1. The van der Waals surface area contributed by atoms with Crippen molar-refractivity contribution in [1.29, 1.82) is 0 Å². The van der Waals surface area contributed by atoms with Gasteiger partial charge in [0.1, 0.15) is 6.04 Å². The molecule has 1 aliphatic rings. The van der Waals surface area contributed by atoms with Gasteiger partial charge in [0.25, 0.3) is 0 Å². The Kier molecular flexibility index (Phi) is 5.23. The number of rotatable bonds is 6. The second kappa shape index (κ2) is 7.55. The smallest absolute Gasteiger partial charge is 0.240 e. The SMILES string of the molecule is NC(=O)[C@H]1CCCN1c1ccc(SCCc2ccccc2)cc1. The molecule has 120 valence electrons. The first-order chi connectivity index (χ1) is 11.2. The summed E-state index contributed by atoms with van der Waals surface area (Å²) in [6, 6.07) is 18.9. The fraction of sp³-hybridized carbons (Fsp3) is 0.316. The topological polar surface area (TPSA) is 46.3 Å². The Hall–Kier alpha value is -1.94. The van der Waals surface area contributed by atoms with Crippen molar-refractivity contribution in [2.75, 3.05) is 17.2 Å². The number of carbonyl (C=O) groups is 1. The summed E-state index contributed by atoms with van der Waals surface area (Å²) in [4.78, 5) is 14.9. The summed E-state index contributed by atoms with van der Waals surface area (Å²) in [5.74, 6) is 0.848. The first kappa shape index (κ1) is 15.9. The van der Waals surface area contributed by atoms with Gasteiger partial charge < -0.3 is 10.6 Å². The highest BCUT2D eigenvalue weighted by atomic mass is 32.2. The number of nitrogens with two attached hydrogens (primary N) is 1. The van der Waals surface area contributed by atoms with E-state index in [4.69, 9.17) is 5.73 Å². The van der Waals surface area contributed by atoms with Crippen LogP contribution in [-0.2, 0) is 11.2 Å². The highest BCUT2D eigenvalue weighted by Gasteiger charge is 2.28. The minimum absolute atomic E-state index is 0.147. The molecule has 1 aliphatic heterocycles. The standard InChI is InChI=1S/C19H22N2OS/c20-19(22)18-7-4-13-21(18)16-8-10-17(11-9-16)23-14-12-15-5-2-1-3-6-15/h1-3,5-6,8-11,18H,4,7,12-14H2,(H2,20,22)/t18-/m1/s1. The van der Waals surface area contributed by atoms with Crippen LogP contribution in [0.1, 0.15) is 18.4 Å². The van der Waals surface area contributed by atoms with Crippen LogP contribution in [0.4, 0.5) is 5.69 Å². The largest absolute Gasteiger partial charge is 0.368 e. The molecule has 0 unspecified atom stereocenters. The summed E-state index contributed by atoms with van der Waals surface area (Å²) >= 11 is 1.86. The van der Waals surface area contributed by atoms with E-state index in [-0.39, 0.29) is 11.9 Å². The highest BCUT2D eigenvalue weighted by molar-refractivity contribution is 7.99. The second-order valence-corrected chi connectivity index (χ2v) is 7.00. The molecule has 0 radical (unpaired) electrons. The van der Waals surface area contributed by atoms with Crippen molar-refractivity contribution in [3.8, 4) is 0 Å². The first-order valence-corrected chi connectivity index (χ1v) is 9.05. The van der Waals surface area contributed by atoms with Crippen molar-refractivity contribution < 1.29 is 4.79 Å². The maximum Gasteiger partial charge on any atom is 0.240 e. The van der Waals surface area contributed by atoms with Crippen LogP contribution in [0.25, 0.3) is 0 Å². The van der Waals surface area contributed by atoms with Crippen LogP contribution in [0, 0.1) is 0 Å². The van der Waals surface area contributed by atoms with Gasteiger partial charge in [0.05, 0.1) is 0 Å². The predicted octanol–water partition coefficient (Wildman–Crippen LogP) is 3.48. The van der Waals surface area contributed by atoms with Gasteiger partial charge >= 0.3 is 0 Å². The maximum absolute atomic E-state index is 11.5. The lowest BCUT2D eigenvalue weighted by atomic mass is 10.2. The summed E-state index contributed by atoms with van der Waals surface area (Å²) in [6.07, 6.45) is 2.97. The van der Waals surface area contributed by atoms with Crippen molar-refractivity contribution in [3.05, 3.63) is 60.2 Å². The van der Waals surface area contributed by atoms with Gasteiger partial charge in [-0.05, 0) is 49.1 Å². The van der Waals surface area contributed by atoms with Gasteiger partial charge in [-0.15, -0.1) is 11.8 Å². The molecule has 3 rings (SSSR count). The van der Waals surface area contributed by atoms with Gasteiger partial charge in [0.15, 0.2) is 0 Å². The van der Waals surface area contributed by atoms with Gasteiger partial charge in [0, 0.05) is 22.9 Å². The lowest BCUT2D eigenvalue weighted by molar-refractivity contribution is -0.119. The Morgan fingerprint density at radius 2 is 1.87 bits per heavy atom. The van der Waals surface area contributed by atoms with Crippen LogP contribution >= 0.6 is 11.8 Å². The van der Waals surface area contributed by atoms with E-state index >= 15 is 0 Å². The molecule has 2 aromatic carbocycles. The molecule has 0 aromatic heterocycles. The zero-order chi connectivity index (χ0) is 16.1. The average molecular weight is 326 g/mol. The van der Waals surface area contributed by atoms with Gasteiger partial charge in [-0.3, -0.25) is 4.79 Å². The Bertz CT molecular complexity index is 642. The molecule has 23 heavy (non-hydrogen) atoms. The van der Waals surface area contributed by atoms with Crippen LogP contribution in [0.2, 0.25) is 0 Å². The summed E-state index contributed by atoms with van der Waals surface area (Å²) in [6.45, 7) is 0.911. The molecule has 2 aromatic rings. The second-order valence-electron chi connectivity index (χ2n) is 5.83. The fourth-order valence-electron chi connectivity index (χ4n) is 3.04. The predicted molar refractivity (Wildman–Crippen MR) is 96.9 cm³/mol. The van der Waals surface area contributed by atoms with Crippen LogP contribution in [0.5, 0.6) is 0 Å². The zero-order valence-corrected chi connectivity index (χ0v) is 14.0. The lowest BCUT2D eigenvalue weighted by Gasteiger charge is -2.24. The van der Waals surface area contributed by atoms with Gasteiger partial charge in [0.2, 0.25) is 5.91 Å². The number of nitrogens with zero attached hydrogens (tertiary/aromatic N) is 1. The van der Waals surface area contributed by atoms with Crippen LogP contribution in [-0.4, -0.2) is 24.2 Å². The van der Waals surface area contributed by atoms with Crippen LogP contribution < -0.4 is 10.6 Å². The minimum atomic E-state index is -0.219. The first-order valence-electron chi connectivity index (χ1n) is 8.07. The number of primary amides is 1.